The van der Waals surface area contributed by atoms with Crippen LogP contribution in [0.1, 0.15) is 26.2 Å². The van der Waals surface area contributed by atoms with Gasteiger partial charge in [0.15, 0.2) is 0 Å². The number of carboxylic acid groups (broad SMARTS) is 1. The lowest BCUT2D eigenvalue weighted by Crippen LogP contribution is -2.32. The molecule has 1 aliphatic rings. The average Bonchev–Trinajstić information content (AvgIpc) is 2.39. The summed E-state index contributed by atoms with van der Waals surface area (Å²) in [5.74, 6) is -0.794. The summed E-state index contributed by atoms with van der Waals surface area (Å²) in [6.07, 6.45) is 5.29. The highest BCUT2D eigenvalue weighted by Gasteiger charge is 2.12. The molecule has 0 heterocycles. The summed E-state index contributed by atoms with van der Waals surface area (Å²) >= 11 is 0. The van der Waals surface area contributed by atoms with E-state index in [1.54, 1.807) is 6.92 Å². The molecule has 0 fully saturated rings. The van der Waals surface area contributed by atoms with Crippen molar-refractivity contribution in [2.45, 2.75) is 32.2 Å². The highest BCUT2D eigenvalue weighted by Crippen LogP contribution is 2.14. The monoisotopic (exact) mass is 155 g/mol. The van der Waals surface area contributed by atoms with Gasteiger partial charge in [0.25, 0.3) is 0 Å². The Morgan fingerprint density at radius 1 is 1.82 bits per heavy atom. The molecule has 62 valence electrons. The third kappa shape index (κ3) is 2.26. The van der Waals surface area contributed by atoms with E-state index in [1.807, 2.05) is 0 Å². The number of allylic oxidation sites excluding steroid dienone is 2. The van der Waals surface area contributed by atoms with Crippen LogP contribution in [0.25, 0.3) is 0 Å². The van der Waals surface area contributed by atoms with Gasteiger partial charge in [0.2, 0.25) is 0 Å². The average molecular weight is 155 g/mol. The maximum absolute atomic E-state index is 10.4. The first-order valence-electron chi connectivity index (χ1n) is 3.88. The van der Waals surface area contributed by atoms with Crippen LogP contribution in [0, 0.1) is 0 Å². The lowest BCUT2D eigenvalue weighted by atomic mass is 10.3. The predicted molar refractivity (Wildman–Crippen MR) is 42.2 cm³/mol. The standard InChI is InChI=1S/C8H13NO2/c1-6(8(10)11)9-7-4-2-3-5-7/h4,6,9H,2-3,5H2,1H3,(H,10,11). The van der Waals surface area contributed by atoms with Crippen molar-refractivity contribution < 1.29 is 9.90 Å². The highest BCUT2D eigenvalue weighted by molar-refractivity contribution is 5.73. The van der Waals surface area contributed by atoms with E-state index < -0.39 is 12.0 Å². The summed E-state index contributed by atoms with van der Waals surface area (Å²) in [6.45, 7) is 1.65. The quantitative estimate of drug-likeness (QED) is 0.642. The molecule has 0 aromatic carbocycles. The summed E-state index contributed by atoms with van der Waals surface area (Å²) in [4.78, 5) is 10.4. The smallest absolute Gasteiger partial charge is 0.325 e. The molecule has 11 heavy (non-hydrogen) atoms. The van der Waals surface area contributed by atoms with Gasteiger partial charge in [-0.1, -0.05) is 6.08 Å². The minimum Gasteiger partial charge on any atom is -0.480 e. The first-order chi connectivity index (χ1) is 5.20. The first kappa shape index (κ1) is 8.11. The lowest BCUT2D eigenvalue weighted by Gasteiger charge is -2.10. The zero-order valence-corrected chi connectivity index (χ0v) is 6.63. The highest BCUT2D eigenvalue weighted by atomic mass is 16.4. The summed E-state index contributed by atoms with van der Waals surface area (Å²) in [7, 11) is 0. The largest absolute Gasteiger partial charge is 0.480 e. The number of hydrogen-bond acceptors (Lipinski definition) is 2. The normalized spacial score (nSPS) is 19.2. The maximum atomic E-state index is 10.4. The van der Waals surface area contributed by atoms with Crippen LogP contribution in [-0.2, 0) is 4.79 Å². The molecule has 0 aromatic rings. The van der Waals surface area contributed by atoms with Crippen LogP contribution in [-0.4, -0.2) is 17.1 Å². The molecular formula is C8H13NO2. The van der Waals surface area contributed by atoms with Gasteiger partial charge >= 0.3 is 5.97 Å². The fraction of sp³-hybridized carbons (Fsp3) is 0.625. The minimum atomic E-state index is -0.794. The number of nitrogens with one attached hydrogen (secondary N) is 1. The van der Waals surface area contributed by atoms with Crippen molar-refractivity contribution in [3.63, 3.8) is 0 Å². The van der Waals surface area contributed by atoms with Gasteiger partial charge in [-0.05, 0) is 26.2 Å². The Kier molecular flexibility index (Phi) is 2.52. The van der Waals surface area contributed by atoms with E-state index >= 15 is 0 Å². The second-order valence-corrected chi connectivity index (χ2v) is 2.83. The molecule has 3 heteroatoms. The van der Waals surface area contributed by atoms with E-state index in [0.717, 1.165) is 25.0 Å². The molecule has 0 amide bonds. The van der Waals surface area contributed by atoms with E-state index in [4.69, 9.17) is 5.11 Å². The fourth-order valence-corrected chi connectivity index (χ4v) is 1.14. The van der Waals surface area contributed by atoms with Gasteiger partial charge in [0, 0.05) is 5.70 Å². The van der Waals surface area contributed by atoms with E-state index in [2.05, 4.69) is 11.4 Å². The van der Waals surface area contributed by atoms with Gasteiger partial charge in [-0.3, -0.25) is 4.79 Å². The number of hydrogen-bond donors (Lipinski definition) is 2. The first-order valence-corrected chi connectivity index (χ1v) is 3.88. The predicted octanol–water partition coefficient (Wildman–Crippen LogP) is 1.12. The summed E-state index contributed by atoms with van der Waals surface area (Å²) in [5.41, 5.74) is 1.08. The van der Waals surface area contributed by atoms with Crippen LogP contribution in [0.15, 0.2) is 11.8 Å². The molecule has 0 saturated carbocycles. The molecule has 0 aliphatic heterocycles. The van der Waals surface area contributed by atoms with Gasteiger partial charge in [0.05, 0.1) is 0 Å². The van der Waals surface area contributed by atoms with E-state index in [1.165, 1.54) is 0 Å². The molecule has 0 bridgehead atoms. The Morgan fingerprint density at radius 2 is 2.55 bits per heavy atom. The van der Waals surface area contributed by atoms with Crippen molar-refractivity contribution in [2.75, 3.05) is 0 Å². The molecule has 1 rings (SSSR count). The molecule has 0 radical (unpaired) electrons. The van der Waals surface area contributed by atoms with Crippen LogP contribution in [0.4, 0.5) is 0 Å². The van der Waals surface area contributed by atoms with Crippen LogP contribution in [0.2, 0.25) is 0 Å². The topological polar surface area (TPSA) is 49.3 Å². The third-order valence-corrected chi connectivity index (χ3v) is 1.81. The van der Waals surface area contributed by atoms with Gasteiger partial charge in [0.1, 0.15) is 6.04 Å². The zero-order valence-electron chi connectivity index (χ0n) is 6.63. The Morgan fingerprint density at radius 3 is 3.00 bits per heavy atom. The summed E-state index contributed by atoms with van der Waals surface area (Å²) < 4.78 is 0. The van der Waals surface area contributed by atoms with Crippen molar-refractivity contribution in [3.05, 3.63) is 11.8 Å². The van der Waals surface area contributed by atoms with E-state index in [9.17, 15) is 4.79 Å². The van der Waals surface area contributed by atoms with Crippen LogP contribution >= 0.6 is 0 Å². The Hall–Kier alpha value is -0.990. The van der Waals surface area contributed by atoms with Crippen molar-refractivity contribution in [1.29, 1.82) is 0 Å². The molecule has 3 nitrogen and oxygen atoms in total. The van der Waals surface area contributed by atoms with Crippen LogP contribution in [0.3, 0.4) is 0 Å². The molecule has 1 unspecified atom stereocenters. The summed E-state index contributed by atoms with van der Waals surface area (Å²) in [6, 6.07) is -0.459. The van der Waals surface area contributed by atoms with Crippen molar-refractivity contribution in [1.82, 2.24) is 5.32 Å². The molecular weight excluding hydrogens is 142 g/mol. The number of carbonyl (C=O) groups is 1. The van der Waals surface area contributed by atoms with Crippen molar-refractivity contribution in [2.24, 2.45) is 0 Å². The number of rotatable bonds is 3. The second-order valence-electron chi connectivity index (χ2n) is 2.83. The van der Waals surface area contributed by atoms with Gasteiger partial charge in [-0.25, -0.2) is 0 Å². The number of aliphatic carboxylic acids is 1. The van der Waals surface area contributed by atoms with Crippen LogP contribution in [0.5, 0.6) is 0 Å². The van der Waals surface area contributed by atoms with Crippen LogP contribution < -0.4 is 5.32 Å². The van der Waals surface area contributed by atoms with Gasteiger partial charge in [-0.15, -0.1) is 0 Å². The molecule has 0 spiro atoms. The Bertz CT molecular complexity index is 187. The van der Waals surface area contributed by atoms with Crippen molar-refractivity contribution >= 4 is 5.97 Å². The third-order valence-electron chi connectivity index (χ3n) is 1.81. The molecule has 0 saturated heterocycles. The molecule has 2 N–H and O–H groups in total. The number of carboxylic acids is 1. The van der Waals surface area contributed by atoms with E-state index in [-0.39, 0.29) is 0 Å². The van der Waals surface area contributed by atoms with Gasteiger partial charge < -0.3 is 10.4 Å². The zero-order chi connectivity index (χ0) is 8.27. The fourth-order valence-electron chi connectivity index (χ4n) is 1.14. The molecule has 1 aliphatic carbocycles. The SMILES string of the molecule is CC(NC1=CCCC1)C(=O)O. The Labute approximate surface area is 66.1 Å². The van der Waals surface area contributed by atoms with E-state index in [0.29, 0.717) is 0 Å². The maximum Gasteiger partial charge on any atom is 0.325 e. The second kappa shape index (κ2) is 3.42. The summed E-state index contributed by atoms with van der Waals surface area (Å²) in [5, 5.41) is 11.5. The lowest BCUT2D eigenvalue weighted by molar-refractivity contribution is -0.138. The van der Waals surface area contributed by atoms with Gasteiger partial charge in [-0.2, -0.15) is 0 Å². The Balaban J connectivity index is 2.35. The van der Waals surface area contributed by atoms with Crippen molar-refractivity contribution in [3.8, 4) is 0 Å². The minimum absolute atomic E-state index is 0.459. The molecule has 1 atom stereocenters. The molecule has 0 aromatic heterocycles.